The first-order chi connectivity index (χ1) is 7.84. The second-order valence-corrected chi connectivity index (χ2v) is 3.87. The van der Waals surface area contributed by atoms with E-state index >= 15 is 0 Å². The zero-order valence-electron chi connectivity index (χ0n) is 8.52. The molecular formula is C10H7BrF4O2. The molecule has 0 amide bonds. The maximum Gasteiger partial charge on any atom is 0.387 e. The van der Waals surface area contributed by atoms with Crippen molar-refractivity contribution in [3.8, 4) is 5.75 Å². The molecule has 0 aliphatic carbocycles. The number of rotatable bonds is 4. The number of benzene rings is 1. The first kappa shape index (κ1) is 14.0. The normalized spacial score (nSPS) is 11.1. The molecular weight excluding hydrogens is 308 g/mol. The van der Waals surface area contributed by atoms with Gasteiger partial charge in [0.2, 0.25) is 0 Å². The Morgan fingerprint density at radius 1 is 1.29 bits per heavy atom. The van der Waals surface area contributed by atoms with Gasteiger partial charge in [-0.25, -0.2) is 8.78 Å². The Morgan fingerprint density at radius 2 is 1.88 bits per heavy atom. The minimum atomic E-state index is -3.21. The van der Waals surface area contributed by atoms with Crippen molar-refractivity contribution in [2.24, 2.45) is 0 Å². The maximum absolute atomic E-state index is 12.7. The number of alkyl halides is 4. The standard InChI is InChI=1S/C10H7BrF4O2/c1-4(16)5-2-3-6(17-10(14)15)7(8(5)11)9(12)13/h2-3,9-10H,1H3. The fourth-order valence-corrected chi connectivity index (χ4v) is 2.03. The number of Topliss-reactive ketones (excluding diaryl/α,β-unsaturated/α-hetero) is 1. The van der Waals surface area contributed by atoms with Gasteiger partial charge in [-0.3, -0.25) is 4.79 Å². The van der Waals surface area contributed by atoms with E-state index in [0.717, 1.165) is 12.1 Å². The van der Waals surface area contributed by atoms with E-state index in [9.17, 15) is 22.4 Å². The Bertz CT molecular complexity index is 435. The van der Waals surface area contributed by atoms with Crippen LogP contribution in [0.5, 0.6) is 5.75 Å². The molecule has 0 aromatic heterocycles. The molecule has 0 radical (unpaired) electrons. The predicted molar refractivity (Wildman–Crippen MR) is 55.7 cm³/mol. The Balaban J connectivity index is 3.34. The van der Waals surface area contributed by atoms with Gasteiger partial charge in [-0.1, -0.05) is 0 Å². The average molecular weight is 315 g/mol. The van der Waals surface area contributed by atoms with Crippen molar-refractivity contribution in [1.29, 1.82) is 0 Å². The zero-order chi connectivity index (χ0) is 13.2. The van der Waals surface area contributed by atoms with Crippen LogP contribution in [0.3, 0.4) is 0 Å². The highest BCUT2D eigenvalue weighted by Crippen LogP contribution is 2.38. The molecule has 17 heavy (non-hydrogen) atoms. The SMILES string of the molecule is CC(=O)c1ccc(OC(F)F)c(C(F)F)c1Br. The third-order valence-electron chi connectivity index (χ3n) is 1.95. The first-order valence-electron chi connectivity index (χ1n) is 4.41. The molecule has 0 unspecified atom stereocenters. The highest BCUT2D eigenvalue weighted by molar-refractivity contribution is 9.10. The number of hydrogen-bond acceptors (Lipinski definition) is 2. The van der Waals surface area contributed by atoms with Gasteiger partial charge in [-0.05, 0) is 35.0 Å². The molecule has 1 rings (SSSR count). The third kappa shape index (κ3) is 3.18. The lowest BCUT2D eigenvalue weighted by atomic mass is 10.1. The van der Waals surface area contributed by atoms with E-state index in [1.807, 2.05) is 0 Å². The summed E-state index contributed by atoms with van der Waals surface area (Å²) in [4.78, 5) is 11.1. The van der Waals surface area contributed by atoms with Gasteiger partial charge in [0, 0.05) is 10.0 Å². The van der Waals surface area contributed by atoms with Gasteiger partial charge in [0.25, 0.3) is 6.43 Å². The van der Waals surface area contributed by atoms with Gasteiger partial charge in [-0.2, -0.15) is 8.78 Å². The van der Waals surface area contributed by atoms with E-state index in [4.69, 9.17) is 0 Å². The summed E-state index contributed by atoms with van der Waals surface area (Å²) in [5.74, 6) is -1.10. The molecule has 0 bridgehead atoms. The van der Waals surface area contributed by atoms with Crippen molar-refractivity contribution in [2.45, 2.75) is 20.0 Å². The molecule has 1 aromatic carbocycles. The van der Waals surface area contributed by atoms with Gasteiger partial charge >= 0.3 is 6.61 Å². The van der Waals surface area contributed by atoms with Gasteiger partial charge < -0.3 is 4.74 Å². The first-order valence-corrected chi connectivity index (χ1v) is 5.20. The molecule has 0 fully saturated rings. The molecule has 0 N–H and O–H groups in total. The van der Waals surface area contributed by atoms with E-state index in [2.05, 4.69) is 20.7 Å². The van der Waals surface area contributed by atoms with Crippen LogP contribution in [0, 0.1) is 0 Å². The summed E-state index contributed by atoms with van der Waals surface area (Å²) in [5.41, 5.74) is -0.764. The summed E-state index contributed by atoms with van der Waals surface area (Å²) in [5, 5.41) is 0. The summed E-state index contributed by atoms with van der Waals surface area (Å²) in [7, 11) is 0. The maximum atomic E-state index is 12.7. The van der Waals surface area contributed by atoms with Gasteiger partial charge in [-0.15, -0.1) is 0 Å². The van der Waals surface area contributed by atoms with Crippen LogP contribution in [0.25, 0.3) is 0 Å². The number of carbonyl (C=O) groups is 1. The Morgan fingerprint density at radius 3 is 2.29 bits per heavy atom. The number of halogens is 5. The molecule has 0 aliphatic heterocycles. The molecule has 1 aromatic rings. The van der Waals surface area contributed by atoms with E-state index in [-0.39, 0.29) is 10.0 Å². The van der Waals surface area contributed by atoms with E-state index in [0.29, 0.717) is 0 Å². The lowest BCUT2D eigenvalue weighted by molar-refractivity contribution is -0.0520. The molecule has 7 heteroatoms. The second kappa shape index (κ2) is 5.48. The van der Waals surface area contributed by atoms with Crippen LogP contribution in [0.15, 0.2) is 16.6 Å². The third-order valence-corrected chi connectivity index (χ3v) is 2.81. The number of carbonyl (C=O) groups excluding carboxylic acids is 1. The van der Waals surface area contributed by atoms with Crippen molar-refractivity contribution in [1.82, 2.24) is 0 Å². The lowest BCUT2D eigenvalue weighted by Gasteiger charge is -2.13. The smallest absolute Gasteiger partial charge is 0.387 e. The van der Waals surface area contributed by atoms with Crippen LogP contribution in [0.4, 0.5) is 17.6 Å². The van der Waals surface area contributed by atoms with Crippen molar-refractivity contribution in [3.05, 3.63) is 27.7 Å². The van der Waals surface area contributed by atoms with Crippen LogP contribution >= 0.6 is 15.9 Å². The topological polar surface area (TPSA) is 26.3 Å². The molecule has 0 heterocycles. The molecule has 0 saturated carbocycles. The Labute approximate surface area is 103 Å². The minimum Gasteiger partial charge on any atom is -0.434 e. The molecule has 94 valence electrons. The highest BCUT2D eigenvalue weighted by Gasteiger charge is 2.23. The van der Waals surface area contributed by atoms with E-state index < -0.39 is 30.1 Å². The predicted octanol–water partition coefficient (Wildman–Crippen LogP) is 4.19. The number of hydrogen-bond donors (Lipinski definition) is 0. The monoisotopic (exact) mass is 314 g/mol. The zero-order valence-corrected chi connectivity index (χ0v) is 10.1. The summed E-state index contributed by atoms with van der Waals surface area (Å²) >= 11 is 2.80. The number of ketones is 1. The van der Waals surface area contributed by atoms with E-state index in [1.165, 1.54) is 6.92 Å². The second-order valence-electron chi connectivity index (χ2n) is 3.07. The summed E-state index contributed by atoms with van der Waals surface area (Å²) in [6.45, 7) is -2.02. The van der Waals surface area contributed by atoms with Crippen LogP contribution in [-0.4, -0.2) is 12.4 Å². The quantitative estimate of drug-likeness (QED) is 0.615. The van der Waals surface area contributed by atoms with Crippen LogP contribution < -0.4 is 4.74 Å². The molecule has 0 spiro atoms. The summed E-state index contributed by atoms with van der Waals surface area (Å²) in [6, 6.07) is 2.07. The summed E-state index contributed by atoms with van der Waals surface area (Å²) in [6.07, 6.45) is -3.03. The fraction of sp³-hybridized carbons (Fsp3) is 0.300. The summed E-state index contributed by atoms with van der Waals surface area (Å²) < 4.78 is 53.2. The molecule has 2 nitrogen and oxygen atoms in total. The Hall–Kier alpha value is -1.11. The van der Waals surface area contributed by atoms with Crippen LogP contribution in [-0.2, 0) is 0 Å². The van der Waals surface area contributed by atoms with Crippen LogP contribution in [0.1, 0.15) is 29.3 Å². The van der Waals surface area contributed by atoms with Crippen molar-refractivity contribution in [3.63, 3.8) is 0 Å². The van der Waals surface area contributed by atoms with Gasteiger partial charge in [0.05, 0.1) is 5.56 Å². The lowest BCUT2D eigenvalue weighted by Crippen LogP contribution is -2.07. The Kier molecular flexibility index (Phi) is 4.50. The average Bonchev–Trinajstić information content (AvgIpc) is 2.15. The van der Waals surface area contributed by atoms with Crippen molar-refractivity contribution >= 4 is 21.7 Å². The molecule has 0 saturated heterocycles. The fourth-order valence-electron chi connectivity index (χ4n) is 1.25. The number of ether oxygens (including phenoxy) is 1. The van der Waals surface area contributed by atoms with Crippen LogP contribution in [0.2, 0.25) is 0 Å². The van der Waals surface area contributed by atoms with Gasteiger partial charge in [0.15, 0.2) is 5.78 Å². The molecule has 0 atom stereocenters. The van der Waals surface area contributed by atoms with Crippen molar-refractivity contribution < 1.29 is 27.1 Å². The largest absolute Gasteiger partial charge is 0.434 e. The van der Waals surface area contributed by atoms with E-state index in [1.54, 1.807) is 0 Å². The minimum absolute atomic E-state index is 0.0121. The van der Waals surface area contributed by atoms with Crippen molar-refractivity contribution in [2.75, 3.05) is 0 Å². The van der Waals surface area contributed by atoms with Gasteiger partial charge in [0.1, 0.15) is 5.75 Å². The highest BCUT2D eigenvalue weighted by atomic mass is 79.9. The molecule has 0 aliphatic rings.